The fraction of sp³-hybridized carbons (Fsp3) is 0. The lowest BCUT2D eigenvalue weighted by molar-refractivity contribution is 1.19. The molecule has 0 saturated heterocycles. The van der Waals surface area contributed by atoms with Crippen LogP contribution < -0.4 is 10.9 Å². The van der Waals surface area contributed by atoms with Crippen LogP contribution in [0.5, 0.6) is 0 Å². The quantitative estimate of drug-likeness (QED) is 0.170. The van der Waals surface area contributed by atoms with Crippen LogP contribution in [0, 0.1) is 0 Å². The molecule has 4 heteroatoms. The zero-order valence-corrected chi connectivity index (χ0v) is 26.3. The van der Waals surface area contributed by atoms with Gasteiger partial charge in [0.15, 0.2) is 7.28 Å². The molecule has 0 bridgehead atoms. The lowest BCUT2D eigenvalue weighted by Gasteiger charge is -2.12. The molecule has 0 unspecified atom stereocenters. The van der Waals surface area contributed by atoms with Crippen molar-refractivity contribution in [1.82, 2.24) is 4.57 Å². The Kier molecular flexibility index (Phi) is 5.02. The summed E-state index contributed by atoms with van der Waals surface area (Å²) in [6, 6.07) is 52.0. The van der Waals surface area contributed by atoms with Crippen LogP contribution in [0.2, 0.25) is 0 Å². The average molecular weight is 617 g/mol. The van der Waals surface area contributed by atoms with Gasteiger partial charge in [-0.05, 0) is 76.9 Å². The SMILES string of the molecule is [B]1c2cc(-n3c4ccccc4c4ccc5sc6ccccc6c5c43)ccc2-c2cc(-c3ccc4sc5ccccc5c4c3)ccc21. The number of para-hydroxylation sites is 1. The number of benzene rings is 7. The molecule has 1 radical (unpaired) electrons. The Bertz CT molecular complexity index is 2900. The van der Waals surface area contributed by atoms with E-state index in [2.05, 4.69) is 151 Å². The zero-order valence-electron chi connectivity index (χ0n) is 24.6. The molecule has 0 spiro atoms. The van der Waals surface area contributed by atoms with Gasteiger partial charge in [-0.3, -0.25) is 0 Å². The van der Waals surface area contributed by atoms with Crippen molar-refractivity contribution in [2.45, 2.75) is 0 Å². The Morgan fingerprint density at radius 2 is 1.13 bits per heavy atom. The van der Waals surface area contributed by atoms with Crippen LogP contribution in [0.15, 0.2) is 140 Å². The second-order valence-corrected chi connectivity index (χ2v) is 14.5. The highest BCUT2D eigenvalue weighted by Gasteiger charge is 2.23. The second kappa shape index (κ2) is 9.20. The van der Waals surface area contributed by atoms with Gasteiger partial charge in [-0.15, -0.1) is 22.7 Å². The summed E-state index contributed by atoms with van der Waals surface area (Å²) in [4.78, 5) is 0. The molecule has 4 heterocycles. The van der Waals surface area contributed by atoms with Crippen molar-refractivity contribution in [3.63, 3.8) is 0 Å². The molecule has 0 N–H and O–H groups in total. The predicted octanol–water partition coefficient (Wildman–Crippen LogP) is 10.8. The van der Waals surface area contributed by atoms with Crippen molar-refractivity contribution in [2.75, 3.05) is 0 Å². The minimum Gasteiger partial charge on any atom is -0.309 e. The molecule has 1 aliphatic heterocycles. The molecule has 3 aromatic heterocycles. The van der Waals surface area contributed by atoms with Gasteiger partial charge in [0.25, 0.3) is 0 Å². The predicted molar refractivity (Wildman–Crippen MR) is 202 cm³/mol. The average Bonchev–Trinajstić information content (AvgIpc) is 3.85. The summed E-state index contributed by atoms with van der Waals surface area (Å²) >= 11 is 3.76. The third-order valence-electron chi connectivity index (χ3n) is 9.83. The van der Waals surface area contributed by atoms with Gasteiger partial charge in [0.2, 0.25) is 0 Å². The standard InChI is InChI=1S/C42H23BNS2/c1-4-10-36-28(7-1)30-17-20-40-41(31-9-3-6-12-38(31)46-40)42(30)44(36)26-15-16-27-32-21-24(13-18-34(32)43-35(27)23-26)25-14-19-39-33(22-25)29-8-2-5-11-37(29)45-39/h1-23H. The number of nitrogens with zero attached hydrogens (tertiary/aromatic N) is 1. The van der Waals surface area contributed by atoms with Crippen molar-refractivity contribution < 1.29 is 0 Å². The van der Waals surface area contributed by atoms with Crippen molar-refractivity contribution >= 4 is 103 Å². The van der Waals surface area contributed by atoms with E-state index < -0.39 is 0 Å². The zero-order chi connectivity index (χ0) is 29.9. The van der Waals surface area contributed by atoms with Crippen molar-refractivity contribution in [3.05, 3.63) is 140 Å². The number of aromatic nitrogens is 1. The van der Waals surface area contributed by atoms with Crippen LogP contribution in [0.1, 0.15) is 0 Å². The van der Waals surface area contributed by atoms with Crippen molar-refractivity contribution in [3.8, 4) is 27.9 Å². The van der Waals surface area contributed by atoms with Crippen LogP contribution in [-0.4, -0.2) is 11.8 Å². The highest BCUT2D eigenvalue weighted by Crippen LogP contribution is 2.43. The number of fused-ring (bicyclic) bond motifs is 13. The van der Waals surface area contributed by atoms with Gasteiger partial charge in [-0.25, -0.2) is 0 Å². The second-order valence-electron chi connectivity index (χ2n) is 12.3. The number of hydrogen-bond donors (Lipinski definition) is 0. The van der Waals surface area contributed by atoms with E-state index in [1.807, 2.05) is 22.7 Å². The maximum atomic E-state index is 2.50. The van der Waals surface area contributed by atoms with E-state index in [1.165, 1.54) is 101 Å². The fourth-order valence-electron chi connectivity index (χ4n) is 7.76. The van der Waals surface area contributed by atoms with Crippen molar-refractivity contribution in [2.24, 2.45) is 0 Å². The molecule has 1 aliphatic rings. The summed E-state index contributed by atoms with van der Waals surface area (Å²) in [6.45, 7) is 0. The Hall–Kier alpha value is -5.16. The first-order valence-corrected chi connectivity index (χ1v) is 17.3. The highest BCUT2D eigenvalue weighted by molar-refractivity contribution is 7.26. The topological polar surface area (TPSA) is 4.93 Å². The first-order valence-electron chi connectivity index (χ1n) is 15.7. The summed E-state index contributed by atoms with van der Waals surface area (Å²) in [6.07, 6.45) is 0. The maximum absolute atomic E-state index is 2.50. The third-order valence-corrected chi connectivity index (χ3v) is 12.1. The molecule has 7 aromatic carbocycles. The highest BCUT2D eigenvalue weighted by atomic mass is 32.1. The van der Waals surface area contributed by atoms with E-state index in [1.54, 1.807) is 0 Å². The molecular formula is C42H23BNS2. The molecule has 0 amide bonds. The van der Waals surface area contributed by atoms with Crippen LogP contribution in [-0.2, 0) is 0 Å². The van der Waals surface area contributed by atoms with Gasteiger partial charge in [0.05, 0.1) is 11.0 Å². The molecule has 11 rings (SSSR count). The van der Waals surface area contributed by atoms with Crippen LogP contribution >= 0.6 is 22.7 Å². The van der Waals surface area contributed by atoms with E-state index in [4.69, 9.17) is 0 Å². The summed E-state index contributed by atoms with van der Waals surface area (Å²) in [5, 5.41) is 7.96. The summed E-state index contributed by atoms with van der Waals surface area (Å²) in [7, 11) is 2.36. The molecule has 1 nitrogen and oxygen atoms in total. The summed E-state index contributed by atoms with van der Waals surface area (Å²) in [5.74, 6) is 0. The van der Waals surface area contributed by atoms with E-state index >= 15 is 0 Å². The molecule has 211 valence electrons. The molecule has 46 heavy (non-hydrogen) atoms. The monoisotopic (exact) mass is 616 g/mol. The lowest BCUT2D eigenvalue weighted by atomic mass is 9.68. The van der Waals surface area contributed by atoms with Gasteiger partial charge in [0, 0.05) is 56.8 Å². The van der Waals surface area contributed by atoms with Crippen LogP contribution in [0.3, 0.4) is 0 Å². The van der Waals surface area contributed by atoms with E-state index in [9.17, 15) is 0 Å². The van der Waals surface area contributed by atoms with Gasteiger partial charge >= 0.3 is 0 Å². The molecule has 0 fully saturated rings. The van der Waals surface area contributed by atoms with Crippen LogP contribution in [0.25, 0.3) is 90.1 Å². The third kappa shape index (κ3) is 3.40. The molecule has 10 aromatic rings. The Balaban J connectivity index is 1.08. The Morgan fingerprint density at radius 3 is 2.04 bits per heavy atom. The normalized spacial score (nSPS) is 12.5. The molecule has 0 aliphatic carbocycles. The Labute approximate surface area is 273 Å². The van der Waals surface area contributed by atoms with Gasteiger partial charge in [0.1, 0.15) is 0 Å². The fourth-order valence-corrected chi connectivity index (χ4v) is 9.95. The molecule has 0 atom stereocenters. The lowest BCUT2D eigenvalue weighted by Crippen LogP contribution is -2.21. The first-order chi connectivity index (χ1) is 22.8. The van der Waals surface area contributed by atoms with Gasteiger partial charge < -0.3 is 4.57 Å². The molecule has 0 saturated carbocycles. The van der Waals surface area contributed by atoms with Crippen molar-refractivity contribution in [1.29, 1.82) is 0 Å². The maximum Gasteiger partial charge on any atom is 0.193 e. The minimum absolute atomic E-state index is 1.20. The largest absolute Gasteiger partial charge is 0.309 e. The van der Waals surface area contributed by atoms with Gasteiger partial charge in [-0.1, -0.05) is 95.9 Å². The van der Waals surface area contributed by atoms with Gasteiger partial charge in [-0.2, -0.15) is 0 Å². The summed E-state index contributed by atoms with van der Waals surface area (Å²) in [5.41, 5.74) is 11.4. The smallest absolute Gasteiger partial charge is 0.193 e. The number of hydrogen-bond acceptors (Lipinski definition) is 2. The van der Waals surface area contributed by atoms with Crippen LogP contribution in [0.4, 0.5) is 0 Å². The number of thiophene rings is 2. The van der Waals surface area contributed by atoms with E-state index in [-0.39, 0.29) is 0 Å². The summed E-state index contributed by atoms with van der Waals surface area (Å²) < 4.78 is 7.85. The number of rotatable bonds is 2. The van der Waals surface area contributed by atoms with E-state index in [0.717, 1.165) is 0 Å². The Morgan fingerprint density at radius 1 is 0.435 bits per heavy atom. The first kappa shape index (κ1) is 25.1. The van der Waals surface area contributed by atoms with E-state index in [0.29, 0.717) is 0 Å². The molecular weight excluding hydrogens is 593 g/mol. The minimum atomic E-state index is 1.20.